The fourth-order valence-corrected chi connectivity index (χ4v) is 2.96. The predicted octanol–water partition coefficient (Wildman–Crippen LogP) is 3.13. The molecule has 1 amide bonds. The van der Waals surface area contributed by atoms with Crippen LogP contribution >= 0.6 is 11.6 Å². The molecule has 0 radical (unpaired) electrons. The zero-order valence-electron chi connectivity index (χ0n) is 13.0. The van der Waals surface area contributed by atoms with E-state index >= 15 is 0 Å². The highest BCUT2D eigenvalue weighted by Crippen LogP contribution is 2.22. The third-order valence-electron chi connectivity index (χ3n) is 4.15. The molecular weight excluding hydrogens is 326 g/mol. The van der Waals surface area contributed by atoms with Gasteiger partial charge in [0.25, 0.3) is 5.91 Å². The van der Waals surface area contributed by atoms with Gasteiger partial charge in [0.2, 0.25) is 0 Å². The fraction of sp³-hybridized carbons (Fsp3) is 0.222. The van der Waals surface area contributed by atoms with Crippen LogP contribution in [0.4, 0.5) is 0 Å². The minimum absolute atomic E-state index is 0.0463. The van der Waals surface area contributed by atoms with Crippen molar-refractivity contribution in [2.75, 3.05) is 26.3 Å². The number of ether oxygens (including phenoxy) is 1. The van der Waals surface area contributed by atoms with E-state index in [0.29, 0.717) is 37.0 Å². The number of nitrogens with zero attached hydrogens (tertiary/aromatic N) is 3. The van der Waals surface area contributed by atoms with Crippen molar-refractivity contribution in [3.63, 3.8) is 0 Å². The molecule has 1 aliphatic rings. The number of carbonyl (C=O) groups is 1. The van der Waals surface area contributed by atoms with Crippen molar-refractivity contribution in [3.8, 4) is 11.1 Å². The number of hydrogen-bond acceptors (Lipinski definition) is 3. The standard InChI is InChI=1S/C18H16ClN3O2/c19-15-4-1-13(2-5-15)14-3-6-17-20-16(12-22(17)11-14)18(23)21-7-9-24-10-8-21/h1-6,11-12H,7-10H2. The van der Waals surface area contributed by atoms with Gasteiger partial charge in [0.15, 0.2) is 0 Å². The summed E-state index contributed by atoms with van der Waals surface area (Å²) in [5.41, 5.74) is 3.33. The molecule has 0 unspecified atom stereocenters. The average molecular weight is 342 g/mol. The monoisotopic (exact) mass is 341 g/mol. The van der Waals surface area contributed by atoms with E-state index in [4.69, 9.17) is 16.3 Å². The van der Waals surface area contributed by atoms with Crippen molar-refractivity contribution in [3.05, 3.63) is 59.5 Å². The first-order valence-corrected chi connectivity index (χ1v) is 8.20. The topological polar surface area (TPSA) is 46.8 Å². The fourth-order valence-electron chi connectivity index (χ4n) is 2.84. The van der Waals surface area contributed by atoms with Gasteiger partial charge in [0, 0.05) is 30.5 Å². The van der Waals surface area contributed by atoms with Crippen molar-refractivity contribution in [2.24, 2.45) is 0 Å². The number of imidazole rings is 1. The van der Waals surface area contributed by atoms with Crippen LogP contribution in [0.5, 0.6) is 0 Å². The molecule has 2 aromatic heterocycles. The van der Waals surface area contributed by atoms with Gasteiger partial charge in [-0.15, -0.1) is 0 Å². The van der Waals surface area contributed by atoms with E-state index in [-0.39, 0.29) is 5.91 Å². The molecule has 0 saturated carbocycles. The lowest BCUT2D eigenvalue weighted by Crippen LogP contribution is -2.40. The van der Waals surface area contributed by atoms with E-state index in [1.807, 2.05) is 47.0 Å². The summed E-state index contributed by atoms with van der Waals surface area (Å²) in [4.78, 5) is 18.8. The van der Waals surface area contributed by atoms with E-state index in [2.05, 4.69) is 4.98 Å². The van der Waals surface area contributed by atoms with E-state index in [9.17, 15) is 4.79 Å². The largest absolute Gasteiger partial charge is 0.378 e. The zero-order chi connectivity index (χ0) is 16.5. The minimum atomic E-state index is -0.0463. The maximum absolute atomic E-state index is 12.5. The Kier molecular flexibility index (Phi) is 3.96. The third-order valence-corrected chi connectivity index (χ3v) is 4.40. The van der Waals surface area contributed by atoms with Gasteiger partial charge in [0.1, 0.15) is 11.3 Å². The van der Waals surface area contributed by atoms with Crippen LogP contribution in [-0.2, 0) is 4.74 Å². The van der Waals surface area contributed by atoms with Gasteiger partial charge in [0.05, 0.1) is 13.2 Å². The van der Waals surface area contributed by atoms with Crippen LogP contribution in [-0.4, -0.2) is 46.5 Å². The minimum Gasteiger partial charge on any atom is -0.378 e. The molecular formula is C18H16ClN3O2. The summed E-state index contributed by atoms with van der Waals surface area (Å²) in [6.45, 7) is 2.39. The van der Waals surface area contributed by atoms with Crippen molar-refractivity contribution >= 4 is 23.2 Å². The van der Waals surface area contributed by atoms with Crippen molar-refractivity contribution in [2.45, 2.75) is 0 Å². The number of benzene rings is 1. The summed E-state index contributed by atoms with van der Waals surface area (Å²) in [5, 5.41) is 0.709. The van der Waals surface area contributed by atoms with E-state index in [1.54, 1.807) is 11.1 Å². The number of hydrogen-bond donors (Lipinski definition) is 0. The summed E-state index contributed by atoms with van der Waals surface area (Å²) in [7, 11) is 0. The van der Waals surface area contributed by atoms with Crippen LogP contribution in [0.25, 0.3) is 16.8 Å². The number of amides is 1. The molecule has 1 fully saturated rings. The van der Waals surface area contributed by atoms with Gasteiger partial charge >= 0.3 is 0 Å². The molecule has 122 valence electrons. The van der Waals surface area contributed by atoms with Crippen LogP contribution < -0.4 is 0 Å². The summed E-state index contributed by atoms with van der Waals surface area (Å²) in [5.74, 6) is -0.0463. The molecule has 0 aliphatic carbocycles. The molecule has 1 saturated heterocycles. The number of morpholine rings is 1. The summed E-state index contributed by atoms with van der Waals surface area (Å²) in [6.07, 6.45) is 3.76. The molecule has 1 aliphatic heterocycles. The van der Waals surface area contributed by atoms with Gasteiger partial charge in [-0.1, -0.05) is 23.7 Å². The zero-order valence-corrected chi connectivity index (χ0v) is 13.7. The Bertz CT molecular complexity index is 883. The lowest BCUT2D eigenvalue weighted by atomic mass is 10.1. The summed E-state index contributed by atoms with van der Waals surface area (Å²) < 4.78 is 7.18. The molecule has 24 heavy (non-hydrogen) atoms. The van der Waals surface area contributed by atoms with E-state index < -0.39 is 0 Å². The van der Waals surface area contributed by atoms with Gasteiger partial charge in [-0.3, -0.25) is 4.79 Å². The lowest BCUT2D eigenvalue weighted by Gasteiger charge is -2.25. The Hall–Kier alpha value is -2.37. The van der Waals surface area contributed by atoms with Gasteiger partial charge in [-0.05, 0) is 35.4 Å². The summed E-state index contributed by atoms with van der Waals surface area (Å²) in [6, 6.07) is 11.6. The normalized spacial score (nSPS) is 15.0. The molecule has 0 spiro atoms. The third kappa shape index (κ3) is 2.88. The first kappa shape index (κ1) is 15.2. The molecule has 3 aromatic rings. The maximum Gasteiger partial charge on any atom is 0.274 e. The van der Waals surface area contributed by atoms with Crippen LogP contribution in [0.1, 0.15) is 10.5 Å². The quantitative estimate of drug-likeness (QED) is 0.719. The van der Waals surface area contributed by atoms with E-state index in [0.717, 1.165) is 16.8 Å². The SMILES string of the molecule is O=C(c1cn2cc(-c3ccc(Cl)cc3)ccc2n1)N1CCOCC1. The Morgan fingerprint density at radius 3 is 2.46 bits per heavy atom. The number of fused-ring (bicyclic) bond motifs is 1. The highest BCUT2D eigenvalue weighted by Gasteiger charge is 2.21. The predicted molar refractivity (Wildman–Crippen MR) is 92.4 cm³/mol. The molecule has 0 N–H and O–H groups in total. The second-order valence-corrected chi connectivity index (χ2v) is 6.16. The smallest absolute Gasteiger partial charge is 0.274 e. The van der Waals surface area contributed by atoms with E-state index in [1.165, 1.54) is 0 Å². The number of halogens is 1. The number of rotatable bonds is 2. The number of aromatic nitrogens is 2. The Morgan fingerprint density at radius 1 is 1.00 bits per heavy atom. The maximum atomic E-state index is 12.5. The Labute approximate surface area is 144 Å². The van der Waals surface area contributed by atoms with Crippen LogP contribution in [0, 0.1) is 0 Å². The average Bonchev–Trinajstić information content (AvgIpc) is 3.05. The first-order chi connectivity index (χ1) is 11.7. The molecule has 0 atom stereocenters. The Balaban J connectivity index is 1.65. The molecule has 0 bridgehead atoms. The molecule has 3 heterocycles. The second-order valence-electron chi connectivity index (χ2n) is 5.72. The summed E-state index contributed by atoms with van der Waals surface area (Å²) >= 11 is 5.94. The van der Waals surface area contributed by atoms with Crippen LogP contribution in [0.2, 0.25) is 5.02 Å². The highest BCUT2D eigenvalue weighted by molar-refractivity contribution is 6.30. The number of pyridine rings is 1. The van der Waals surface area contributed by atoms with Crippen LogP contribution in [0.15, 0.2) is 48.8 Å². The van der Waals surface area contributed by atoms with Crippen LogP contribution in [0.3, 0.4) is 0 Å². The van der Waals surface area contributed by atoms with Gasteiger partial charge < -0.3 is 14.0 Å². The first-order valence-electron chi connectivity index (χ1n) is 7.82. The van der Waals surface area contributed by atoms with Crippen molar-refractivity contribution < 1.29 is 9.53 Å². The van der Waals surface area contributed by atoms with Gasteiger partial charge in [-0.2, -0.15) is 0 Å². The second kappa shape index (κ2) is 6.26. The lowest BCUT2D eigenvalue weighted by molar-refractivity contribution is 0.0299. The Morgan fingerprint density at radius 2 is 1.71 bits per heavy atom. The van der Waals surface area contributed by atoms with Crippen molar-refractivity contribution in [1.29, 1.82) is 0 Å². The molecule has 6 heteroatoms. The molecule has 5 nitrogen and oxygen atoms in total. The van der Waals surface area contributed by atoms with Gasteiger partial charge in [-0.25, -0.2) is 4.98 Å². The number of carbonyl (C=O) groups excluding carboxylic acids is 1. The van der Waals surface area contributed by atoms with Crippen molar-refractivity contribution in [1.82, 2.24) is 14.3 Å². The molecule has 4 rings (SSSR count). The highest BCUT2D eigenvalue weighted by atomic mass is 35.5. The molecule has 1 aromatic carbocycles.